The van der Waals surface area contributed by atoms with Crippen LogP contribution < -0.4 is 0 Å². The Morgan fingerprint density at radius 2 is 2.00 bits per heavy atom. The lowest BCUT2D eigenvalue weighted by Gasteiger charge is -2.29. The van der Waals surface area contributed by atoms with E-state index in [2.05, 4.69) is 11.8 Å². The molecule has 1 N–H and O–H groups in total. The molecule has 0 aliphatic carbocycles. The molecule has 2 rings (SSSR count). The molecule has 0 bridgehead atoms. The van der Waals surface area contributed by atoms with E-state index in [-0.39, 0.29) is 5.91 Å². The SMILES string of the molecule is CCN1CCCC1CN(C)C(=O)C1CCC(C(=O)O)O1. The molecule has 2 fully saturated rings. The fourth-order valence-electron chi connectivity index (χ4n) is 3.17. The molecule has 2 aliphatic rings. The zero-order valence-corrected chi connectivity index (χ0v) is 12.2. The number of aliphatic carboxylic acids is 1. The summed E-state index contributed by atoms with van der Waals surface area (Å²) in [6.07, 6.45) is 1.82. The quantitative estimate of drug-likeness (QED) is 0.799. The van der Waals surface area contributed by atoms with Crippen LogP contribution in [0.5, 0.6) is 0 Å². The smallest absolute Gasteiger partial charge is 0.332 e. The summed E-state index contributed by atoms with van der Waals surface area (Å²) in [5.41, 5.74) is 0. The van der Waals surface area contributed by atoms with E-state index in [1.807, 2.05) is 0 Å². The molecule has 1 amide bonds. The number of likely N-dealkylation sites (N-methyl/N-ethyl adjacent to an activating group) is 2. The van der Waals surface area contributed by atoms with Crippen molar-refractivity contribution in [3.8, 4) is 0 Å². The van der Waals surface area contributed by atoms with Crippen molar-refractivity contribution in [2.24, 2.45) is 0 Å². The van der Waals surface area contributed by atoms with E-state index in [0.717, 1.165) is 19.5 Å². The first kappa shape index (κ1) is 15.3. The Bertz CT molecular complexity index is 374. The lowest BCUT2D eigenvalue weighted by atomic mass is 10.1. The van der Waals surface area contributed by atoms with Crippen LogP contribution in [-0.2, 0) is 14.3 Å². The number of ether oxygens (including phenoxy) is 1. The molecule has 0 radical (unpaired) electrons. The van der Waals surface area contributed by atoms with Crippen LogP contribution in [0, 0.1) is 0 Å². The normalized spacial score (nSPS) is 30.6. The van der Waals surface area contributed by atoms with Gasteiger partial charge in [-0.25, -0.2) is 4.79 Å². The first-order chi connectivity index (χ1) is 9.52. The van der Waals surface area contributed by atoms with Crippen LogP contribution >= 0.6 is 0 Å². The maximum absolute atomic E-state index is 12.3. The molecule has 2 heterocycles. The zero-order chi connectivity index (χ0) is 14.7. The second kappa shape index (κ2) is 6.54. The summed E-state index contributed by atoms with van der Waals surface area (Å²) in [6, 6.07) is 0.422. The van der Waals surface area contributed by atoms with Crippen molar-refractivity contribution >= 4 is 11.9 Å². The van der Waals surface area contributed by atoms with Gasteiger partial charge in [0, 0.05) is 19.6 Å². The summed E-state index contributed by atoms with van der Waals surface area (Å²) >= 11 is 0. The van der Waals surface area contributed by atoms with Crippen LogP contribution in [0.25, 0.3) is 0 Å². The van der Waals surface area contributed by atoms with E-state index in [1.165, 1.54) is 6.42 Å². The van der Waals surface area contributed by atoms with Crippen molar-refractivity contribution in [3.63, 3.8) is 0 Å². The molecule has 0 aromatic carbocycles. The Labute approximate surface area is 119 Å². The number of rotatable bonds is 5. The third-order valence-electron chi connectivity index (χ3n) is 4.34. The van der Waals surface area contributed by atoms with E-state index in [1.54, 1.807) is 11.9 Å². The Kier molecular flexibility index (Phi) is 4.99. The monoisotopic (exact) mass is 284 g/mol. The minimum Gasteiger partial charge on any atom is -0.479 e. The largest absolute Gasteiger partial charge is 0.479 e. The molecule has 0 spiro atoms. The van der Waals surface area contributed by atoms with Crippen LogP contribution in [0.3, 0.4) is 0 Å². The highest BCUT2D eigenvalue weighted by Gasteiger charge is 2.37. The summed E-state index contributed by atoms with van der Waals surface area (Å²) in [7, 11) is 1.78. The number of hydrogen-bond acceptors (Lipinski definition) is 4. The Hall–Kier alpha value is -1.14. The lowest BCUT2D eigenvalue weighted by molar-refractivity contribution is -0.154. The molecule has 6 heteroatoms. The zero-order valence-electron chi connectivity index (χ0n) is 12.2. The molecule has 0 aromatic heterocycles. The number of likely N-dealkylation sites (tertiary alicyclic amines) is 1. The maximum Gasteiger partial charge on any atom is 0.332 e. The second-order valence-corrected chi connectivity index (χ2v) is 5.67. The van der Waals surface area contributed by atoms with Crippen molar-refractivity contribution in [2.45, 2.75) is 50.9 Å². The number of carbonyl (C=O) groups excluding carboxylic acids is 1. The summed E-state index contributed by atoms with van der Waals surface area (Å²) in [5.74, 6) is -1.06. The van der Waals surface area contributed by atoms with Gasteiger partial charge in [0.05, 0.1) is 0 Å². The number of amides is 1. The van der Waals surface area contributed by atoms with Gasteiger partial charge in [0.25, 0.3) is 5.91 Å². The molecule has 20 heavy (non-hydrogen) atoms. The highest BCUT2D eigenvalue weighted by molar-refractivity contribution is 5.82. The molecule has 6 nitrogen and oxygen atoms in total. The molecular formula is C14H24N2O4. The van der Waals surface area contributed by atoms with Gasteiger partial charge in [0.1, 0.15) is 6.10 Å². The molecular weight excluding hydrogens is 260 g/mol. The topological polar surface area (TPSA) is 70.1 Å². The third kappa shape index (κ3) is 3.30. The van der Waals surface area contributed by atoms with Crippen LogP contribution in [0.2, 0.25) is 0 Å². The predicted octanol–water partition coefficient (Wildman–Crippen LogP) is 0.561. The maximum atomic E-state index is 12.3. The van der Waals surface area contributed by atoms with Crippen LogP contribution in [-0.4, -0.2) is 71.7 Å². The number of carboxylic acids is 1. The lowest BCUT2D eigenvalue weighted by Crippen LogP contribution is -2.44. The van der Waals surface area contributed by atoms with Crippen LogP contribution in [0.15, 0.2) is 0 Å². The predicted molar refractivity (Wildman–Crippen MR) is 73.4 cm³/mol. The summed E-state index contributed by atoms with van der Waals surface area (Å²) in [4.78, 5) is 27.2. The van der Waals surface area contributed by atoms with Crippen molar-refractivity contribution < 1.29 is 19.4 Å². The summed E-state index contributed by atoms with van der Waals surface area (Å²) < 4.78 is 5.32. The second-order valence-electron chi connectivity index (χ2n) is 5.67. The molecule has 3 atom stereocenters. The van der Waals surface area contributed by atoms with Crippen molar-refractivity contribution in [1.82, 2.24) is 9.80 Å². The van der Waals surface area contributed by atoms with E-state index in [9.17, 15) is 9.59 Å². The van der Waals surface area contributed by atoms with E-state index in [4.69, 9.17) is 9.84 Å². The minimum absolute atomic E-state index is 0.0864. The van der Waals surface area contributed by atoms with Gasteiger partial charge in [-0.05, 0) is 38.8 Å². The van der Waals surface area contributed by atoms with Gasteiger partial charge in [-0.2, -0.15) is 0 Å². The molecule has 114 valence electrons. The Morgan fingerprint density at radius 1 is 1.30 bits per heavy atom. The summed E-state index contributed by atoms with van der Waals surface area (Å²) in [5, 5.41) is 8.89. The van der Waals surface area contributed by atoms with E-state index in [0.29, 0.717) is 25.4 Å². The van der Waals surface area contributed by atoms with Gasteiger partial charge >= 0.3 is 5.97 Å². The number of carboxylic acid groups (broad SMARTS) is 1. The average Bonchev–Trinajstić information content (AvgIpc) is 3.06. The summed E-state index contributed by atoms with van der Waals surface area (Å²) in [6.45, 7) is 4.94. The van der Waals surface area contributed by atoms with Crippen molar-refractivity contribution in [3.05, 3.63) is 0 Å². The van der Waals surface area contributed by atoms with E-state index < -0.39 is 18.2 Å². The highest BCUT2D eigenvalue weighted by Crippen LogP contribution is 2.23. The molecule has 0 saturated carbocycles. The highest BCUT2D eigenvalue weighted by atomic mass is 16.5. The fourth-order valence-corrected chi connectivity index (χ4v) is 3.17. The van der Waals surface area contributed by atoms with Gasteiger partial charge < -0.3 is 14.7 Å². The Morgan fingerprint density at radius 3 is 2.60 bits per heavy atom. The average molecular weight is 284 g/mol. The molecule has 3 unspecified atom stereocenters. The molecule has 0 aromatic rings. The van der Waals surface area contributed by atoms with Gasteiger partial charge in [-0.15, -0.1) is 0 Å². The van der Waals surface area contributed by atoms with Crippen molar-refractivity contribution in [2.75, 3.05) is 26.7 Å². The first-order valence-corrected chi connectivity index (χ1v) is 7.40. The third-order valence-corrected chi connectivity index (χ3v) is 4.34. The van der Waals surface area contributed by atoms with Crippen LogP contribution in [0.4, 0.5) is 0 Å². The van der Waals surface area contributed by atoms with Crippen molar-refractivity contribution in [1.29, 1.82) is 0 Å². The molecule has 2 aliphatic heterocycles. The number of carbonyl (C=O) groups is 2. The van der Waals surface area contributed by atoms with Gasteiger partial charge in [0.15, 0.2) is 6.10 Å². The van der Waals surface area contributed by atoms with Crippen LogP contribution in [0.1, 0.15) is 32.6 Å². The van der Waals surface area contributed by atoms with Gasteiger partial charge in [-0.1, -0.05) is 6.92 Å². The standard InChI is InChI=1S/C14H24N2O4/c1-3-16-8-4-5-10(16)9-15(2)13(17)11-6-7-12(20-11)14(18)19/h10-12H,3-9H2,1-2H3,(H,18,19). The van der Waals surface area contributed by atoms with E-state index >= 15 is 0 Å². The minimum atomic E-state index is -0.976. The number of nitrogens with zero attached hydrogens (tertiary/aromatic N) is 2. The van der Waals surface area contributed by atoms with Gasteiger partial charge in [0.2, 0.25) is 0 Å². The first-order valence-electron chi connectivity index (χ1n) is 7.40. The van der Waals surface area contributed by atoms with Gasteiger partial charge in [-0.3, -0.25) is 9.69 Å². The molecule has 2 saturated heterocycles. The number of hydrogen-bond donors (Lipinski definition) is 1. The Balaban J connectivity index is 1.85. The fraction of sp³-hybridized carbons (Fsp3) is 0.857.